The second-order valence-corrected chi connectivity index (χ2v) is 7.57. The van der Waals surface area contributed by atoms with Crippen molar-refractivity contribution < 1.29 is 9.90 Å². The van der Waals surface area contributed by atoms with Crippen LogP contribution in [0.4, 0.5) is 10.5 Å². The number of aliphatic hydroxyl groups is 1. The van der Waals surface area contributed by atoms with Gasteiger partial charge in [0.1, 0.15) is 0 Å². The normalized spacial score (nSPS) is 13.2. The number of carbonyl (C=O) groups excluding carboxylic acids is 1. The van der Waals surface area contributed by atoms with Gasteiger partial charge >= 0.3 is 6.03 Å². The van der Waals surface area contributed by atoms with Crippen LogP contribution in [0.5, 0.6) is 0 Å². The molecule has 0 saturated carbocycles. The van der Waals surface area contributed by atoms with Crippen molar-refractivity contribution in [3.63, 3.8) is 0 Å². The number of aliphatic hydroxyl groups excluding tert-OH is 1. The van der Waals surface area contributed by atoms with Crippen LogP contribution < -0.4 is 16.2 Å². The first kappa shape index (κ1) is 20.2. The Labute approximate surface area is 171 Å². The largest absolute Gasteiger partial charge is 0.394 e. The summed E-state index contributed by atoms with van der Waals surface area (Å²) < 4.78 is 1.50. The summed E-state index contributed by atoms with van der Waals surface area (Å²) in [5, 5.41) is 17.0. The van der Waals surface area contributed by atoms with Crippen LogP contribution in [0, 0.1) is 0 Å². The summed E-state index contributed by atoms with van der Waals surface area (Å²) >= 11 is 12.1. The number of rotatable bonds is 4. The number of hydrogen-bond acceptors (Lipinski definition) is 3. The molecule has 0 radical (unpaired) electrons. The monoisotopic (exact) mass is 419 g/mol. The second-order valence-electron chi connectivity index (χ2n) is 6.70. The van der Waals surface area contributed by atoms with Crippen LogP contribution in [0.15, 0.2) is 53.3 Å². The van der Waals surface area contributed by atoms with Crippen molar-refractivity contribution in [2.45, 2.75) is 12.5 Å². The van der Waals surface area contributed by atoms with E-state index < -0.39 is 11.6 Å². The standard InChI is InChI=1S/C20H19Cl2N3O3/c1-20(11-26,12-8-13(21)10-14(22)9-12)24-19(28)23-16-4-3-5-17-15(16)6-7-18(27)25(17)2/h3-10,26H,11H2,1-2H3,(H2,23,24,28). The topological polar surface area (TPSA) is 83.4 Å². The molecule has 2 amide bonds. The summed E-state index contributed by atoms with van der Waals surface area (Å²) in [6.07, 6.45) is 0. The molecule has 146 valence electrons. The van der Waals surface area contributed by atoms with E-state index in [4.69, 9.17) is 23.2 Å². The van der Waals surface area contributed by atoms with Crippen molar-refractivity contribution in [2.75, 3.05) is 11.9 Å². The fourth-order valence-electron chi connectivity index (χ4n) is 2.99. The van der Waals surface area contributed by atoms with Gasteiger partial charge in [-0.2, -0.15) is 0 Å². The number of urea groups is 1. The van der Waals surface area contributed by atoms with E-state index in [2.05, 4.69) is 10.6 Å². The number of aryl methyl sites for hydroxylation is 1. The molecule has 1 heterocycles. The summed E-state index contributed by atoms with van der Waals surface area (Å²) in [7, 11) is 1.67. The van der Waals surface area contributed by atoms with E-state index in [0.717, 1.165) is 5.39 Å². The molecule has 6 nitrogen and oxygen atoms in total. The first-order chi connectivity index (χ1) is 13.2. The number of nitrogens with one attached hydrogen (secondary N) is 2. The summed E-state index contributed by atoms with van der Waals surface area (Å²) in [6, 6.07) is 12.7. The SMILES string of the molecule is Cn1c(=O)ccc2c(NC(=O)NC(C)(CO)c3cc(Cl)cc(Cl)c3)cccc21. The first-order valence-electron chi connectivity index (χ1n) is 8.49. The van der Waals surface area contributed by atoms with Gasteiger partial charge in [-0.05, 0) is 48.9 Å². The van der Waals surface area contributed by atoms with Crippen LogP contribution in [-0.2, 0) is 12.6 Å². The number of fused-ring (bicyclic) bond motifs is 1. The van der Waals surface area contributed by atoms with E-state index in [0.29, 0.717) is 26.8 Å². The van der Waals surface area contributed by atoms with Crippen molar-refractivity contribution in [1.29, 1.82) is 0 Å². The number of hydrogen-bond donors (Lipinski definition) is 3. The van der Waals surface area contributed by atoms with Crippen molar-refractivity contribution >= 4 is 45.8 Å². The van der Waals surface area contributed by atoms with Crippen LogP contribution in [0.25, 0.3) is 10.9 Å². The summed E-state index contributed by atoms with van der Waals surface area (Å²) in [5.41, 5.74) is 0.561. The molecular weight excluding hydrogens is 401 g/mol. The molecule has 0 spiro atoms. The van der Waals surface area contributed by atoms with Gasteiger partial charge in [-0.25, -0.2) is 4.79 Å². The van der Waals surface area contributed by atoms with Crippen LogP contribution in [-0.4, -0.2) is 22.3 Å². The highest BCUT2D eigenvalue weighted by atomic mass is 35.5. The summed E-state index contributed by atoms with van der Waals surface area (Å²) in [5.74, 6) is 0. The minimum atomic E-state index is -1.10. The van der Waals surface area contributed by atoms with Gasteiger partial charge in [-0.1, -0.05) is 29.3 Å². The number of nitrogens with zero attached hydrogens (tertiary/aromatic N) is 1. The number of benzene rings is 2. The van der Waals surface area contributed by atoms with Gasteiger partial charge in [0.15, 0.2) is 0 Å². The molecule has 0 aliphatic heterocycles. The zero-order valence-corrected chi connectivity index (χ0v) is 16.8. The predicted molar refractivity (Wildman–Crippen MR) is 112 cm³/mol. The van der Waals surface area contributed by atoms with Crippen molar-refractivity contribution in [2.24, 2.45) is 7.05 Å². The van der Waals surface area contributed by atoms with E-state index >= 15 is 0 Å². The zero-order valence-electron chi connectivity index (χ0n) is 15.3. The van der Waals surface area contributed by atoms with Gasteiger partial charge in [-0.3, -0.25) is 4.79 Å². The lowest BCUT2D eigenvalue weighted by atomic mass is 9.93. The van der Waals surface area contributed by atoms with E-state index in [1.54, 1.807) is 56.4 Å². The fraction of sp³-hybridized carbons (Fsp3) is 0.200. The fourth-order valence-corrected chi connectivity index (χ4v) is 3.52. The highest BCUT2D eigenvalue weighted by Gasteiger charge is 2.29. The molecule has 0 aliphatic rings. The Bertz CT molecular complexity index is 1090. The summed E-state index contributed by atoms with van der Waals surface area (Å²) in [6.45, 7) is 1.31. The molecule has 3 rings (SSSR count). The maximum absolute atomic E-state index is 12.7. The molecular formula is C20H19Cl2N3O3. The molecule has 8 heteroatoms. The molecule has 0 aliphatic carbocycles. The molecule has 3 aromatic rings. The van der Waals surface area contributed by atoms with E-state index in [1.807, 2.05) is 0 Å². The number of halogens is 2. The molecule has 0 bridgehead atoms. The lowest BCUT2D eigenvalue weighted by molar-refractivity contribution is 0.176. The minimum Gasteiger partial charge on any atom is -0.394 e. The molecule has 0 saturated heterocycles. The van der Waals surface area contributed by atoms with Crippen LogP contribution in [0.3, 0.4) is 0 Å². The molecule has 1 atom stereocenters. The molecule has 1 unspecified atom stereocenters. The van der Waals surface area contributed by atoms with Gasteiger partial charge < -0.3 is 20.3 Å². The molecule has 28 heavy (non-hydrogen) atoms. The Hall–Kier alpha value is -2.54. The predicted octanol–water partition coefficient (Wildman–Crippen LogP) is 3.87. The highest BCUT2D eigenvalue weighted by molar-refractivity contribution is 6.34. The lowest BCUT2D eigenvalue weighted by Crippen LogP contribution is -2.48. The Morgan fingerprint density at radius 3 is 2.46 bits per heavy atom. The quantitative estimate of drug-likeness (QED) is 0.599. The Balaban J connectivity index is 1.90. The first-order valence-corrected chi connectivity index (χ1v) is 9.24. The molecule has 2 aromatic carbocycles. The lowest BCUT2D eigenvalue weighted by Gasteiger charge is -2.30. The number of pyridine rings is 1. The van der Waals surface area contributed by atoms with E-state index in [9.17, 15) is 14.7 Å². The smallest absolute Gasteiger partial charge is 0.320 e. The maximum Gasteiger partial charge on any atom is 0.320 e. The number of aromatic nitrogens is 1. The third kappa shape index (κ3) is 3.99. The summed E-state index contributed by atoms with van der Waals surface area (Å²) in [4.78, 5) is 24.5. The minimum absolute atomic E-state index is 0.139. The third-order valence-electron chi connectivity index (χ3n) is 4.62. The van der Waals surface area contributed by atoms with E-state index in [-0.39, 0.29) is 12.2 Å². The Morgan fingerprint density at radius 1 is 1.14 bits per heavy atom. The van der Waals surface area contributed by atoms with Crippen LogP contribution >= 0.6 is 23.2 Å². The molecule has 3 N–H and O–H groups in total. The zero-order chi connectivity index (χ0) is 20.5. The second kappa shape index (κ2) is 7.83. The van der Waals surface area contributed by atoms with Crippen molar-refractivity contribution in [3.05, 3.63) is 74.5 Å². The number of amides is 2. The highest BCUT2D eigenvalue weighted by Crippen LogP contribution is 2.28. The van der Waals surface area contributed by atoms with Gasteiger partial charge in [0, 0.05) is 28.5 Å². The van der Waals surface area contributed by atoms with Crippen LogP contribution in [0.2, 0.25) is 10.0 Å². The third-order valence-corrected chi connectivity index (χ3v) is 5.06. The average molecular weight is 420 g/mol. The van der Waals surface area contributed by atoms with E-state index in [1.165, 1.54) is 10.6 Å². The van der Waals surface area contributed by atoms with Gasteiger partial charge in [0.2, 0.25) is 0 Å². The van der Waals surface area contributed by atoms with Crippen LogP contribution in [0.1, 0.15) is 12.5 Å². The molecule has 1 aromatic heterocycles. The molecule has 0 fully saturated rings. The maximum atomic E-state index is 12.7. The number of anilines is 1. The van der Waals surface area contributed by atoms with Crippen molar-refractivity contribution in [1.82, 2.24) is 9.88 Å². The van der Waals surface area contributed by atoms with Gasteiger partial charge in [0.05, 0.1) is 23.3 Å². The van der Waals surface area contributed by atoms with Crippen molar-refractivity contribution in [3.8, 4) is 0 Å². The Kier molecular flexibility index (Phi) is 5.65. The average Bonchev–Trinajstić information content (AvgIpc) is 2.64. The Morgan fingerprint density at radius 2 is 1.82 bits per heavy atom. The van der Waals surface area contributed by atoms with Gasteiger partial charge in [-0.15, -0.1) is 0 Å². The van der Waals surface area contributed by atoms with Gasteiger partial charge in [0.25, 0.3) is 5.56 Å². The number of carbonyl (C=O) groups is 1.